The molecular weight excluding hydrogens is 176 g/mol. The number of aromatic nitrogens is 1. The van der Waals surface area contributed by atoms with Gasteiger partial charge in [-0.3, -0.25) is 0 Å². The van der Waals surface area contributed by atoms with Crippen LogP contribution in [0.5, 0.6) is 5.88 Å². The highest BCUT2D eigenvalue weighted by molar-refractivity contribution is 5.31. The molecule has 2 rings (SSSR count). The predicted molar refractivity (Wildman–Crippen MR) is 56.6 cm³/mol. The molecule has 0 aliphatic heterocycles. The van der Waals surface area contributed by atoms with Gasteiger partial charge in [-0.25, -0.2) is 0 Å². The first-order chi connectivity index (χ1) is 6.90. The van der Waals surface area contributed by atoms with Crippen molar-refractivity contribution in [1.82, 2.24) is 4.98 Å². The molecule has 0 spiro atoms. The molecule has 0 amide bonds. The number of ether oxygens (including phenoxy) is 1. The minimum absolute atomic E-state index is 0.695. The second kappa shape index (κ2) is 4.51. The quantitative estimate of drug-likeness (QED) is 0.716. The lowest BCUT2D eigenvalue weighted by molar-refractivity contribution is 0.303. The molecule has 1 aromatic heterocycles. The summed E-state index contributed by atoms with van der Waals surface area (Å²) in [7, 11) is 0. The van der Waals surface area contributed by atoms with Crippen molar-refractivity contribution in [2.45, 2.75) is 32.1 Å². The lowest BCUT2D eigenvalue weighted by Crippen LogP contribution is -2.06. The molecule has 3 heteroatoms. The normalized spacial score (nSPS) is 15.2. The molecule has 78 valence electrons. The smallest absolute Gasteiger partial charge is 0.191 e. The van der Waals surface area contributed by atoms with E-state index in [4.69, 9.17) is 10.5 Å². The Hall–Kier alpha value is -0.960. The van der Waals surface area contributed by atoms with Gasteiger partial charge in [-0.1, -0.05) is 0 Å². The zero-order valence-electron chi connectivity index (χ0n) is 8.51. The maximum Gasteiger partial charge on any atom is 0.191 e. The Balaban J connectivity index is 1.94. The largest absolute Gasteiger partial charge is 0.479 e. The number of nitrogens with one attached hydrogen (secondary N) is 1. The number of aromatic amines is 1. The SMILES string of the molecule is NCCCOc1cc2c([nH]1)CCCC2. The topological polar surface area (TPSA) is 51.0 Å². The van der Waals surface area contributed by atoms with Crippen molar-refractivity contribution >= 4 is 0 Å². The molecule has 0 saturated heterocycles. The summed E-state index contributed by atoms with van der Waals surface area (Å²) in [6.45, 7) is 1.41. The minimum Gasteiger partial charge on any atom is -0.479 e. The van der Waals surface area contributed by atoms with E-state index in [0.717, 1.165) is 18.9 Å². The Morgan fingerprint density at radius 1 is 1.36 bits per heavy atom. The fourth-order valence-corrected chi connectivity index (χ4v) is 1.92. The number of aryl methyl sites for hydroxylation is 2. The summed E-state index contributed by atoms with van der Waals surface area (Å²) < 4.78 is 5.56. The molecule has 3 N–H and O–H groups in total. The number of hydrogen-bond acceptors (Lipinski definition) is 2. The summed E-state index contributed by atoms with van der Waals surface area (Å²) in [6.07, 6.45) is 5.91. The summed E-state index contributed by atoms with van der Waals surface area (Å²) in [5.74, 6) is 0.922. The van der Waals surface area contributed by atoms with E-state index in [-0.39, 0.29) is 0 Å². The van der Waals surface area contributed by atoms with E-state index in [2.05, 4.69) is 11.1 Å². The summed E-state index contributed by atoms with van der Waals surface area (Å²) in [4.78, 5) is 3.33. The predicted octanol–water partition coefficient (Wildman–Crippen LogP) is 1.62. The van der Waals surface area contributed by atoms with E-state index < -0.39 is 0 Å². The molecule has 1 aliphatic rings. The van der Waals surface area contributed by atoms with Crippen LogP contribution < -0.4 is 10.5 Å². The van der Waals surface area contributed by atoms with Crippen molar-refractivity contribution in [2.75, 3.05) is 13.2 Å². The lowest BCUT2D eigenvalue weighted by atomic mass is 9.98. The fraction of sp³-hybridized carbons (Fsp3) is 0.636. The van der Waals surface area contributed by atoms with Crippen LogP contribution >= 0.6 is 0 Å². The van der Waals surface area contributed by atoms with Crippen molar-refractivity contribution in [3.8, 4) is 5.88 Å². The Kier molecular flexibility index (Phi) is 3.09. The molecule has 14 heavy (non-hydrogen) atoms. The van der Waals surface area contributed by atoms with Crippen LogP contribution in [0.4, 0.5) is 0 Å². The van der Waals surface area contributed by atoms with Crippen LogP contribution in [0.15, 0.2) is 6.07 Å². The van der Waals surface area contributed by atoms with Gasteiger partial charge in [-0.2, -0.15) is 0 Å². The standard InChI is InChI=1S/C11H18N2O/c12-6-3-7-14-11-8-9-4-1-2-5-10(9)13-11/h8,13H,1-7,12H2. The first kappa shape index (κ1) is 9.59. The third kappa shape index (κ3) is 2.10. The van der Waals surface area contributed by atoms with Crippen molar-refractivity contribution < 1.29 is 4.74 Å². The fourth-order valence-electron chi connectivity index (χ4n) is 1.92. The number of fused-ring (bicyclic) bond motifs is 1. The molecule has 0 radical (unpaired) electrons. The molecule has 3 nitrogen and oxygen atoms in total. The molecule has 0 fully saturated rings. The monoisotopic (exact) mass is 194 g/mol. The van der Waals surface area contributed by atoms with Crippen LogP contribution in [0.25, 0.3) is 0 Å². The highest BCUT2D eigenvalue weighted by atomic mass is 16.5. The van der Waals surface area contributed by atoms with Crippen LogP contribution in [0.1, 0.15) is 30.5 Å². The zero-order chi connectivity index (χ0) is 9.80. The van der Waals surface area contributed by atoms with Crippen LogP contribution in [0.2, 0.25) is 0 Å². The van der Waals surface area contributed by atoms with E-state index in [9.17, 15) is 0 Å². The Morgan fingerprint density at radius 2 is 2.21 bits per heavy atom. The molecule has 1 heterocycles. The van der Waals surface area contributed by atoms with E-state index in [1.165, 1.54) is 36.9 Å². The van der Waals surface area contributed by atoms with Gasteiger partial charge in [0, 0.05) is 11.8 Å². The maximum atomic E-state index is 5.56. The van der Waals surface area contributed by atoms with Crippen molar-refractivity contribution in [3.05, 3.63) is 17.3 Å². The molecule has 0 saturated carbocycles. The summed E-state index contributed by atoms with van der Waals surface area (Å²) >= 11 is 0. The van der Waals surface area contributed by atoms with E-state index in [0.29, 0.717) is 6.54 Å². The molecule has 1 aliphatic carbocycles. The van der Waals surface area contributed by atoms with Crippen molar-refractivity contribution in [3.63, 3.8) is 0 Å². The third-order valence-corrected chi connectivity index (χ3v) is 2.70. The van der Waals surface area contributed by atoms with E-state index >= 15 is 0 Å². The molecular formula is C11H18N2O. The lowest BCUT2D eigenvalue weighted by Gasteiger charge is -2.08. The average molecular weight is 194 g/mol. The van der Waals surface area contributed by atoms with E-state index in [1.54, 1.807) is 0 Å². The van der Waals surface area contributed by atoms with Gasteiger partial charge >= 0.3 is 0 Å². The Labute approximate surface area is 84.6 Å². The van der Waals surface area contributed by atoms with Crippen molar-refractivity contribution in [2.24, 2.45) is 5.73 Å². The zero-order valence-corrected chi connectivity index (χ0v) is 8.51. The third-order valence-electron chi connectivity index (χ3n) is 2.70. The summed E-state index contributed by atoms with van der Waals surface area (Å²) in [5.41, 5.74) is 8.22. The average Bonchev–Trinajstić information content (AvgIpc) is 2.60. The first-order valence-corrected chi connectivity index (χ1v) is 5.44. The maximum absolute atomic E-state index is 5.56. The second-order valence-corrected chi connectivity index (χ2v) is 3.84. The second-order valence-electron chi connectivity index (χ2n) is 3.84. The van der Waals surface area contributed by atoms with Gasteiger partial charge in [-0.15, -0.1) is 0 Å². The molecule has 0 aromatic carbocycles. The van der Waals surface area contributed by atoms with Gasteiger partial charge < -0.3 is 15.5 Å². The van der Waals surface area contributed by atoms with Gasteiger partial charge in [0.05, 0.1) is 6.61 Å². The number of H-pyrrole nitrogens is 1. The first-order valence-electron chi connectivity index (χ1n) is 5.44. The van der Waals surface area contributed by atoms with E-state index in [1.807, 2.05) is 0 Å². The van der Waals surface area contributed by atoms with Crippen LogP contribution in [-0.4, -0.2) is 18.1 Å². The Morgan fingerprint density at radius 3 is 3.00 bits per heavy atom. The van der Waals surface area contributed by atoms with Crippen molar-refractivity contribution in [1.29, 1.82) is 0 Å². The van der Waals surface area contributed by atoms with Gasteiger partial charge in [0.1, 0.15) is 0 Å². The highest BCUT2D eigenvalue weighted by Crippen LogP contribution is 2.24. The molecule has 0 unspecified atom stereocenters. The highest BCUT2D eigenvalue weighted by Gasteiger charge is 2.12. The van der Waals surface area contributed by atoms with Gasteiger partial charge in [0.2, 0.25) is 0 Å². The van der Waals surface area contributed by atoms with Gasteiger partial charge in [-0.05, 0) is 44.2 Å². The number of nitrogens with two attached hydrogens (primary N) is 1. The number of hydrogen-bond donors (Lipinski definition) is 2. The summed E-state index contributed by atoms with van der Waals surface area (Å²) in [6, 6.07) is 2.14. The Bertz CT molecular complexity index is 270. The van der Waals surface area contributed by atoms with Crippen LogP contribution in [0.3, 0.4) is 0 Å². The number of rotatable bonds is 4. The molecule has 0 bridgehead atoms. The van der Waals surface area contributed by atoms with Gasteiger partial charge in [0.25, 0.3) is 0 Å². The van der Waals surface area contributed by atoms with Crippen LogP contribution in [0, 0.1) is 0 Å². The minimum atomic E-state index is 0.695. The van der Waals surface area contributed by atoms with Gasteiger partial charge in [0.15, 0.2) is 5.88 Å². The van der Waals surface area contributed by atoms with Crippen LogP contribution in [-0.2, 0) is 12.8 Å². The molecule has 1 aromatic rings. The summed E-state index contributed by atoms with van der Waals surface area (Å²) in [5, 5.41) is 0. The molecule has 0 atom stereocenters.